The number of halogens is 1. The summed E-state index contributed by atoms with van der Waals surface area (Å²) in [6, 6.07) is 27.5. The predicted octanol–water partition coefficient (Wildman–Crippen LogP) is 5.54. The minimum Gasteiger partial charge on any atom is -0.449 e. The van der Waals surface area contributed by atoms with Crippen molar-refractivity contribution in [3.63, 3.8) is 0 Å². The van der Waals surface area contributed by atoms with Gasteiger partial charge in [0.25, 0.3) is 11.8 Å². The molecule has 0 fully saturated rings. The molecule has 1 atom stereocenters. The van der Waals surface area contributed by atoms with Gasteiger partial charge in [0.15, 0.2) is 0 Å². The standard InChI is InChI=1S/C32H23ClN2O6/c33-20-15-13-19(14-16-20)17-28(31(38)41-35-29(36)25-11-5-6-12-26(25)30(35)37)34-32(39)40-18-27-23-9-3-1-7-21(23)22-8-2-4-10-24(22)27/h1-16,27-28H,17-18H2,(H,34,39)/t28-/m0/s1. The van der Waals surface area contributed by atoms with E-state index in [9.17, 15) is 19.2 Å². The highest BCUT2D eigenvalue weighted by molar-refractivity contribution is 6.30. The van der Waals surface area contributed by atoms with Gasteiger partial charge in [0.2, 0.25) is 0 Å². The molecule has 0 radical (unpaired) electrons. The van der Waals surface area contributed by atoms with Crippen LogP contribution in [0.5, 0.6) is 0 Å². The highest BCUT2D eigenvalue weighted by Gasteiger charge is 2.40. The van der Waals surface area contributed by atoms with E-state index < -0.39 is 29.9 Å². The Labute approximate surface area is 240 Å². The molecule has 9 heteroatoms. The van der Waals surface area contributed by atoms with Gasteiger partial charge in [-0.2, -0.15) is 0 Å². The molecule has 3 amide bonds. The molecule has 6 rings (SSSR count). The number of benzene rings is 4. The summed E-state index contributed by atoms with van der Waals surface area (Å²) < 4.78 is 5.61. The Hall–Kier alpha value is -4.95. The molecule has 41 heavy (non-hydrogen) atoms. The number of hydrogen-bond acceptors (Lipinski definition) is 6. The van der Waals surface area contributed by atoms with Crippen molar-refractivity contribution in [1.29, 1.82) is 0 Å². The number of rotatable bonds is 7. The van der Waals surface area contributed by atoms with Gasteiger partial charge in [-0.3, -0.25) is 9.59 Å². The molecule has 0 saturated heterocycles. The zero-order valence-electron chi connectivity index (χ0n) is 21.6. The van der Waals surface area contributed by atoms with Crippen LogP contribution in [-0.4, -0.2) is 41.6 Å². The second kappa shape index (κ2) is 10.9. The topological polar surface area (TPSA) is 102 Å². The van der Waals surface area contributed by atoms with E-state index in [1.165, 1.54) is 12.1 Å². The van der Waals surface area contributed by atoms with Crippen molar-refractivity contribution >= 4 is 35.5 Å². The lowest BCUT2D eigenvalue weighted by Crippen LogP contribution is -2.47. The minimum atomic E-state index is -1.27. The maximum Gasteiger partial charge on any atom is 0.407 e. The molecule has 0 bridgehead atoms. The summed E-state index contributed by atoms with van der Waals surface area (Å²) >= 11 is 6.00. The Kier molecular flexibility index (Phi) is 6.99. The second-order valence-corrected chi connectivity index (χ2v) is 10.2. The molecule has 204 valence electrons. The maximum atomic E-state index is 13.3. The smallest absolute Gasteiger partial charge is 0.407 e. The first-order valence-corrected chi connectivity index (χ1v) is 13.3. The molecule has 1 N–H and O–H groups in total. The molecule has 4 aromatic rings. The zero-order chi connectivity index (χ0) is 28.5. The minimum absolute atomic E-state index is 0.00334. The van der Waals surface area contributed by atoms with Gasteiger partial charge in [-0.15, -0.1) is 0 Å². The van der Waals surface area contributed by atoms with Crippen molar-refractivity contribution in [2.24, 2.45) is 0 Å². The van der Waals surface area contributed by atoms with Crippen LogP contribution < -0.4 is 5.32 Å². The average Bonchev–Trinajstić information content (AvgIpc) is 3.44. The molecule has 0 spiro atoms. The number of hydrogen-bond donors (Lipinski definition) is 1. The molecule has 0 unspecified atom stereocenters. The van der Waals surface area contributed by atoms with Crippen LogP contribution in [0.4, 0.5) is 4.79 Å². The summed E-state index contributed by atoms with van der Waals surface area (Å²) in [6.45, 7) is 0.0426. The molecule has 1 heterocycles. The number of nitrogens with one attached hydrogen (secondary N) is 1. The zero-order valence-corrected chi connectivity index (χ0v) is 22.3. The summed E-state index contributed by atoms with van der Waals surface area (Å²) in [5, 5.41) is 3.48. The number of amides is 3. The Bertz CT molecular complexity index is 1610. The van der Waals surface area contributed by atoms with Crippen molar-refractivity contribution in [3.05, 3.63) is 130 Å². The van der Waals surface area contributed by atoms with Gasteiger partial charge < -0.3 is 14.9 Å². The Morgan fingerprint density at radius 3 is 1.83 bits per heavy atom. The van der Waals surface area contributed by atoms with E-state index in [-0.39, 0.29) is 30.1 Å². The number of carbonyl (C=O) groups is 4. The van der Waals surface area contributed by atoms with Crippen LogP contribution in [-0.2, 0) is 20.8 Å². The molecule has 4 aromatic carbocycles. The molecule has 0 aromatic heterocycles. The number of alkyl carbamates (subject to hydrolysis) is 1. The fourth-order valence-corrected chi connectivity index (χ4v) is 5.36. The first-order valence-electron chi connectivity index (χ1n) is 13.0. The molecule has 1 aliphatic heterocycles. The van der Waals surface area contributed by atoms with Gasteiger partial charge in [-0.25, -0.2) is 9.59 Å². The molecular weight excluding hydrogens is 544 g/mol. The van der Waals surface area contributed by atoms with Crippen molar-refractivity contribution in [1.82, 2.24) is 10.4 Å². The van der Waals surface area contributed by atoms with Crippen LogP contribution in [0.2, 0.25) is 5.02 Å². The van der Waals surface area contributed by atoms with E-state index in [4.69, 9.17) is 21.2 Å². The number of nitrogens with zero attached hydrogens (tertiary/aromatic N) is 1. The van der Waals surface area contributed by atoms with E-state index >= 15 is 0 Å². The molecule has 1 aliphatic carbocycles. The van der Waals surface area contributed by atoms with Crippen LogP contribution in [0.1, 0.15) is 43.3 Å². The van der Waals surface area contributed by atoms with E-state index in [1.54, 1.807) is 36.4 Å². The lowest BCUT2D eigenvalue weighted by molar-refractivity contribution is -0.171. The van der Waals surface area contributed by atoms with Crippen LogP contribution in [0.25, 0.3) is 11.1 Å². The lowest BCUT2D eigenvalue weighted by Gasteiger charge is -2.21. The van der Waals surface area contributed by atoms with Gasteiger partial charge >= 0.3 is 12.1 Å². The fraction of sp³-hybridized carbons (Fsp3) is 0.125. The van der Waals surface area contributed by atoms with Gasteiger partial charge in [0, 0.05) is 17.4 Å². The summed E-state index contributed by atoms with van der Waals surface area (Å²) in [5.74, 6) is -2.69. The largest absolute Gasteiger partial charge is 0.449 e. The highest BCUT2D eigenvalue weighted by atomic mass is 35.5. The third-order valence-corrected chi connectivity index (χ3v) is 7.46. The number of carbonyl (C=O) groups excluding carboxylic acids is 4. The quantitative estimate of drug-likeness (QED) is 0.295. The van der Waals surface area contributed by atoms with E-state index in [0.717, 1.165) is 22.3 Å². The van der Waals surface area contributed by atoms with Gasteiger partial charge in [0.1, 0.15) is 12.6 Å². The summed E-state index contributed by atoms with van der Waals surface area (Å²) in [6.07, 6.45) is -0.839. The van der Waals surface area contributed by atoms with Gasteiger partial charge in [0.05, 0.1) is 11.1 Å². The Morgan fingerprint density at radius 2 is 1.27 bits per heavy atom. The predicted molar refractivity (Wildman–Crippen MR) is 150 cm³/mol. The maximum absolute atomic E-state index is 13.3. The first-order chi connectivity index (χ1) is 19.9. The normalized spacial score (nSPS) is 14.2. The number of fused-ring (bicyclic) bond motifs is 4. The third-order valence-electron chi connectivity index (χ3n) is 7.21. The first kappa shape index (κ1) is 26.3. The lowest BCUT2D eigenvalue weighted by atomic mass is 9.98. The summed E-state index contributed by atoms with van der Waals surface area (Å²) in [5.41, 5.74) is 5.18. The van der Waals surface area contributed by atoms with E-state index in [0.29, 0.717) is 15.6 Å². The number of hydroxylamine groups is 2. The van der Waals surface area contributed by atoms with Crippen LogP contribution in [0.15, 0.2) is 97.1 Å². The summed E-state index contributed by atoms with van der Waals surface area (Å²) in [7, 11) is 0. The van der Waals surface area contributed by atoms with Crippen LogP contribution in [0.3, 0.4) is 0 Å². The van der Waals surface area contributed by atoms with Crippen molar-refractivity contribution in [3.8, 4) is 11.1 Å². The fourth-order valence-electron chi connectivity index (χ4n) is 5.24. The SMILES string of the molecule is O=C(N[C@@H](Cc1ccc(Cl)cc1)C(=O)ON1C(=O)c2ccccc2C1=O)OCC1c2ccccc2-c2ccccc21. The molecule has 8 nitrogen and oxygen atoms in total. The average molecular weight is 567 g/mol. The Morgan fingerprint density at radius 1 is 0.756 bits per heavy atom. The molecule has 2 aliphatic rings. The van der Waals surface area contributed by atoms with Crippen LogP contribution >= 0.6 is 11.6 Å². The number of imide groups is 1. The van der Waals surface area contributed by atoms with Crippen molar-refractivity contribution in [2.45, 2.75) is 18.4 Å². The second-order valence-electron chi connectivity index (χ2n) is 9.71. The van der Waals surface area contributed by atoms with Gasteiger partial charge in [-0.1, -0.05) is 89.5 Å². The van der Waals surface area contributed by atoms with Gasteiger partial charge in [-0.05, 0) is 52.1 Å². The van der Waals surface area contributed by atoms with Crippen molar-refractivity contribution in [2.75, 3.05) is 6.61 Å². The van der Waals surface area contributed by atoms with E-state index in [1.807, 2.05) is 48.5 Å². The number of ether oxygens (including phenoxy) is 1. The molecular formula is C32H23ClN2O6. The third kappa shape index (κ3) is 5.05. The molecule has 0 saturated carbocycles. The highest BCUT2D eigenvalue weighted by Crippen LogP contribution is 2.44. The van der Waals surface area contributed by atoms with Crippen LogP contribution in [0, 0.1) is 0 Å². The van der Waals surface area contributed by atoms with E-state index in [2.05, 4.69) is 5.32 Å². The monoisotopic (exact) mass is 566 g/mol. The van der Waals surface area contributed by atoms with Crippen molar-refractivity contribution < 1.29 is 28.8 Å². The Balaban J connectivity index is 1.18. The summed E-state index contributed by atoms with van der Waals surface area (Å²) in [4.78, 5) is 57.0.